The quantitative estimate of drug-likeness (QED) is 0.852. The first kappa shape index (κ1) is 16.2. The maximum absolute atomic E-state index is 13.2. The van der Waals surface area contributed by atoms with Crippen LogP contribution in [0.5, 0.6) is 5.75 Å². The van der Waals surface area contributed by atoms with Crippen molar-refractivity contribution in [3.05, 3.63) is 71.6 Å². The summed E-state index contributed by atoms with van der Waals surface area (Å²) in [6.45, 7) is 3.82. The first-order valence-electron chi connectivity index (χ1n) is 7.48. The van der Waals surface area contributed by atoms with Crippen LogP contribution in [0.3, 0.4) is 0 Å². The molecule has 2 N–H and O–H groups in total. The van der Waals surface area contributed by atoms with Crippen molar-refractivity contribution in [3.63, 3.8) is 0 Å². The van der Waals surface area contributed by atoms with Crippen molar-refractivity contribution in [2.45, 2.75) is 32.3 Å². The van der Waals surface area contributed by atoms with Crippen molar-refractivity contribution in [2.24, 2.45) is 0 Å². The first-order chi connectivity index (χ1) is 10.5. The Balaban J connectivity index is 2.62. The van der Waals surface area contributed by atoms with Gasteiger partial charge in [0.15, 0.2) is 0 Å². The minimum Gasteiger partial charge on any atom is -0.507 e. The van der Waals surface area contributed by atoms with Gasteiger partial charge in [0.2, 0.25) is 0 Å². The van der Waals surface area contributed by atoms with Gasteiger partial charge in [0.25, 0.3) is 0 Å². The Kier molecular flexibility index (Phi) is 4.99. The van der Waals surface area contributed by atoms with Crippen LogP contribution in [-0.2, 0) is 0 Å². The first-order valence-corrected chi connectivity index (χ1v) is 7.48. The molecule has 0 fully saturated rings. The van der Waals surface area contributed by atoms with Gasteiger partial charge in [-0.25, -0.2) is 4.39 Å². The Labute approximate surface area is 130 Å². The van der Waals surface area contributed by atoms with Gasteiger partial charge in [-0.2, -0.15) is 0 Å². The average Bonchev–Trinajstić information content (AvgIpc) is 2.54. The van der Waals surface area contributed by atoms with Crippen molar-refractivity contribution >= 4 is 5.57 Å². The number of halogens is 1. The third kappa shape index (κ3) is 3.55. The molecule has 0 radical (unpaired) electrons. The van der Waals surface area contributed by atoms with Gasteiger partial charge in [-0.05, 0) is 48.3 Å². The number of phenols is 1. The number of para-hydroxylation sites is 1. The fraction of sp³-hybridized carbons (Fsp3) is 0.263. The molecule has 0 saturated heterocycles. The third-order valence-corrected chi connectivity index (χ3v) is 3.99. The summed E-state index contributed by atoms with van der Waals surface area (Å²) in [6.07, 6.45) is 2.87. The maximum Gasteiger partial charge on any atom is 0.123 e. The number of benzene rings is 2. The van der Waals surface area contributed by atoms with Crippen LogP contribution < -0.4 is 0 Å². The van der Waals surface area contributed by atoms with E-state index < -0.39 is 5.60 Å². The Bertz CT molecular complexity index is 655. The Morgan fingerprint density at radius 3 is 2.18 bits per heavy atom. The van der Waals surface area contributed by atoms with Crippen LogP contribution in [0.15, 0.2) is 54.6 Å². The number of phenolic OH excluding ortho intramolecular Hbond substituents is 1. The van der Waals surface area contributed by atoms with Gasteiger partial charge in [0.05, 0.1) is 5.60 Å². The summed E-state index contributed by atoms with van der Waals surface area (Å²) in [7, 11) is 0. The van der Waals surface area contributed by atoms with E-state index in [0.29, 0.717) is 24.0 Å². The predicted molar refractivity (Wildman–Crippen MR) is 87.1 cm³/mol. The molecule has 0 atom stereocenters. The van der Waals surface area contributed by atoms with Gasteiger partial charge >= 0.3 is 0 Å². The highest BCUT2D eigenvalue weighted by Gasteiger charge is 2.22. The minimum absolute atomic E-state index is 0.132. The Hall–Kier alpha value is -2.13. The van der Waals surface area contributed by atoms with Crippen LogP contribution in [-0.4, -0.2) is 15.8 Å². The molecule has 0 aliphatic carbocycles. The molecule has 0 aliphatic heterocycles. The summed E-state index contributed by atoms with van der Waals surface area (Å²) < 4.78 is 13.2. The molecule has 2 aromatic carbocycles. The second-order valence-electron chi connectivity index (χ2n) is 5.39. The van der Waals surface area contributed by atoms with Crippen molar-refractivity contribution in [1.82, 2.24) is 0 Å². The zero-order valence-electron chi connectivity index (χ0n) is 12.9. The topological polar surface area (TPSA) is 40.5 Å². The Morgan fingerprint density at radius 2 is 1.64 bits per heavy atom. The molecule has 2 rings (SSSR count). The molecule has 0 amide bonds. The average molecular weight is 300 g/mol. The summed E-state index contributed by atoms with van der Waals surface area (Å²) in [5.74, 6) is -0.186. The van der Waals surface area contributed by atoms with E-state index in [2.05, 4.69) is 0 Å². The van der Waals surface area contributed by atoms with E-state index in [1.807, 2.05) is 19.9 Å². The molecule has 0 aromatic heterocycles. The molecule has 0 saturated carbocycles. The van der Waals surface area contributed by atoms with Crippen LogP contribution in [0.1, 0.15) is 37.8 Å². The molecule has 116 valence electrons. The zero-order valence-corrected chi connectivity index (χ0v) is 12.9. The molecular formula is C19H21FO2. The summed E-state index contributed by atoms with van der Waals surface area (Å²) in [4.78, 5) is 0. The normalized spacial score (nSPS) is 12.5. The molecule has 3 heteroatoms. The van der Waals surface area contributed by atoms with Crippen LogP contribution in [0.25, 0.3) is 5.57 Å². The lowest BCUT2D eigenvalue weighted by molar-refractivity contribution is 0.0833. The molecule has 2 nitrogen and oxygen atoms in total. The lowest BCUT2D eigenvalue weighted by Gasteiger charge is -2.23. The van der Waals surface area contributed by atoms with Crippen LogP contribution in [0, 0.1) is 5.82 Å². The van der Waals surface area contributed by atoms with Crippen molar-refractivity contribution < 1.29 is 14.6 Å². The molecule has 0 spiro atoms. The highest BCUT2D eigenvalue weighted by molar-refractivity contribution is 5.83. The Morgan fingerprint density at radius 1 is 1.05 bits per heavy atom. The van der Waals surface area contributed by atoms with Gasteiger partial charge < -0.3 is 10.2 Å². The van der Waals surface area contributed by atoms with E-state index in [9.17, 15) is 14.6 Å². The monoisotopic (exact) mass is 300 g/mol. The van der Waals surface area contributed by atoms with E-state index in [4.69, 9.17) is 0 Å². The lowest BCUT2D eigenvalue weighted by atomic mass is 9.88. The summed E-state index contributed by atoms with van der Waals surface area (Å²) >= 11 is 0. The van der Waals surface area contributed by atoms with Crippen LogP contribution in [0.4, 0.5) is 4.39 Å². The van der Waals surface area contributed by atoms with E-state index in [1.54, 1.807) is 36.4 Å². The fourth-order valence-electron chi connectivity index (χ4n) is 2.37. The fourth-order valence-corrected chi connectivity index (χ4v) is 2.37. The van der Waals surface area contributed by atoms with Gasteiger partial charge in [-0.3, -0.25) is 0 Å². The number of rotatable bonds is 5. The second-order valence-corrected chi connectivity index (χ2v) is 5.39. The highest BCUT2D eigenvalue weighted by Crippen LogP contribution is 2.33. The summed E-state index contributed by atoms with van der Waals surface area (Å²) in [5, 5.41) is 20.8. The molecule has 2 aromatic rings. The van der Waals surface area contributed by atoms with E-state index in [1.165, 1.54) is 12.1 Å². The lowest BCUT2D eigenvalue weighted by Crippen LogP contribution is -2.23. The number of aliphatic hydroxyl groups is 1. The smallest absolute Gasteiger partial charge is 0.123 e. The maximum atomic E-state index is 13.2. The predicted octanol–water partition coefficient (Wildman–Crippen LogP) is 4.51. The molecular weight excluding hydrogens is 279 g/mol. The van der Waals surface area contributed by atoms with Crippen LogP contribution in [0.2, 0.25) is 0 Å². The standard InChI is InChI=1S/C19H21FO2/c1-3-19(22,4-2)13-17(14-9-11-15(20)12-10-14)16-7-5-6-8-18(16)21/h5-13,21-22H,3-4H2,1-2H3/b17-13+. The third-order valence-electron chi connectivity index (χ3n) is 3.99. The van der Waals surface area contributed by atoms with Gasteiger partial charge in [-0.15, -0.1) is 0 Å². The van der Waals surface area contributed by atoms with E-state index in [-0.39, 0.29) is 11.6 Å². The van der Waals surface area contributed by atoms with E-state index >= 15 is 0 Å². The largest absolute Gasteiger partial charge is 0.507 e. The molecule has 0 heterocycles. The van der Waals surface area contributed by atoms with Gasteiger partial charge in [0.1, 0.15) is 11.6 Å². The molecule has 22 heavy (non-hydrogen) atoms. The second kappa shape index (κ2) is 6.75. The van der Waals surface area contributed by atoms with Crippen LogP contribution >= 0.6 is 0 Å². The van der Waals surface area contributed by atoms with Crippen molar-refractivity contribution in [2.75, 3.05) is 0 Å². The molecule has 0 unspecified atom stereocenters. The van der Waals surface area contributed by atoms with Gasteiger partial charge in [0, 0.05) is 5.56 Å². The zero-order chi connectivity index (χ0) is 16.2. The highest BCUT2D eigenvalue weighted by atomic mass is 19.1. The number of hydrogen-bond acceptors (Lipinski definition) is 2. The number of hydrogen-bond donors (Lipinski definition) is 2. The van der Waals surface area contributed by atoms with Crippen molar-refractivity contribution in [1.29, 1.82) is 0 Å². The van der Waals surface area contributed by atoms with E-state index in [0.717, 1.165) is 5.56 Å². The summed E-state index contributed by atoms with van der Waals surface area (Å²) in [5.41, 5.74) is 1.10. The molecule has 0 aliphatic rings. The summed E-state index contributed by atoms with van der Waals surface area (Å²) in [6, 6.07) is 13.0. The van der Waals surface area contributed by atoms with Crippen molar-refractivity contribution in [3.8, 4) is 5.75 Å². The SMILES string of the molecule is CCC(O)(/C=C(\c1ccc(F)cc1)c1ccccc1O)CC. The minimum atomic E-state index is -0.966. The number of aromatic hydroxyl groups is 1. The molecule has 0 bridgehead atoms. The van der Waals surface area contributed by atoms with Gasteiger partial charge in [-0.1, -0.05) is 44.2 Å².